The predicted octanol–water partition coefficient (Wildman–Crippen LogP) is 2.72. The van der Waals surface area contributed by atoms with Gasteiger partial charge in [0, 0.05) is 38.2 Å². The summed E-state index contributed by atoms with van der Waals surface area (Å²) in [6.07, 6.45) is -2.83. The Labute approximate surface area is 144 Å². The van der Waals surface area contributed by atoms with Gasteiger partial charge in [0.25, 0.3) is 5.91 Å². The molecule has 0 atom stereocenters. The molecule has 1 saturated heterocycles. The minimum atomic E-state index is -4.41. The molecule has 0 radical (unpaired) electrons. The molecular weight excluding hydrogens is 337 g/mol. The van der Waals surface area contributed by atoms with E-state index in [2.05, 4.69) is 4.90 Å². The number of alkyl halides is 3. The van der Waals surface area contributed by atoms with Gasteiger partial charge in [0.05, 0.1) is 5.56 Å². The minimum absolute atomic E-state index is 0.159. The molecule has 25 heavy (non-hydrogen) atoms. The summed E-state index contributed by atoms with van der Waals surface area (Å²) in [5.74, 6) is -1.06. The molecule has 1 aliphatic rings. The highest BCUT2D eigenvalue weighted by molar-refractivity contribution is 5.94. The molecule has 0 aromatic heterocycles. The molecule has 0 bridgehead atoms. The first-order chi connectivity index (χ1) is 11.8. The van der Waals surface area contributed by atoms with E-state index in [0.29, 0.717) is 32.6 Å². The van der Waals surface area contributed by atoms with Crippen molar-refractivity contribution in [1.29, 1.82) is 0 Å². The number of unbranched alkanes of at least 4 members (excludes halogenated alkanes) is 1. The Morgan fingerprint density at radius 2 is 1.60 bits per heavy atom. The number of hydrogen-bond donors (Lipinski definition) is 1. The number of nitrogens with zero attached hydrogens (tertiary/aromatic N) is 2. The van der Waals surface area contributed by atoms with Crippen molar-refractivity contribution in [3.8, 4) is 0 Å². The summed E-state index contributed by atoms with van der Waals surface area (Å²) in [5, 5.41) is 8.60. The lowest BCUT2D eigenvalue weighted by Gasteiger charge is -2.34. The average molecular weight is 358 g/mol. The molecule has 8 heteroatoms. The van der Waals surface area contributed by atoms with Crippen molar-refractivity contribution in [1.82, 2.24) is 9.80 Å². The number of piperazine rings is 1. The topological polar surface area (TPSA) is 60.9 Å². The second kappa shape index (κ2) is 8.33. The van der Waals surface area contributed by atoms with Gasteiger partial charge in [-0.2, -0.15) is 13.2 Å². The third-order valence-electron chi connectivity index (χ3n) is 4.23. The highest BCUT2D eigenvalue weighted by Gasteiger charge is 2.30. The van der Waals surface area contributed by atoms with E-state index in [1.54, 1.807) is 4.90 Å². The smallest absolute Gasteiger partial charge is 0.416 e. The van der Waals surface area contributed by atoms with Gasteiger partial charge in [-0.15, -0.1) is 0 Å². The van der Waals surface area contributed by atoms with Crippen LogP contribution in [0, 0.1) is 0 Å². The van der Waals surface area contributed by atoms with Crippen LogP contribution in [-0.2, 0) is 11.0 Å². The number of amides is 1. The Kier molecular flexibility index (Phi) is 6.41. The fourth-order valence-corrected chi connectivity index (χ4v) is 2.77. The van der Waals surface area contributed by atoms with E-state index in [1.165, 1.54) is 12.1 Å². The van der Waals surface area contributed by atoms with Crippen LogP contribution in [0.3, 0.4) is 0 Å². The second-order valence-electron chi connectivity index (χ2n) is 6.06. The highest BCUT2D eigenvalue weighted by atomic mass is 19.4. The van der Waals surface area contributed by atoms with E-state index < -0.39 is 17.7 Å². The van der Waals surface area contributed by atoms with Crippen molar-refractivity contribution in [2.24, 2.45) is 0 Å². The van der Waals surface area contributed by atoms with Crippen LogP contribution in [0.15, 0.2) is 24.3 Å². The zero-order valence-corrected chi connectivity index (χ0v) is 13.8. The number of halogens is 3. The van der Waals surface area contributed by atoms with Crippen molar-refractivity contribution in [3.63, 3.8) is 0 Å². The molecule has 1 aromatic carbocycles. The fourth-order valence-electron chi connectivity index (χ4n) is 2.77. The highest BCUT2D eigenvalue weighted by Crippen LogP contribution is 2.29. The summed E-state index contributed by atoms with van der Waals surface area (Å²) in [7, 11) is 0. The number of carboxylic acid groups (broad SMARTS) is 1. The number of aliphatic carboxylic acids is 1. The van der Waals surface area contributed by atoms with Crippen LogP contribution in [0.4, 0.5) is 13.2 Å². The largest absolute Gasteiger partial charge is 0.481 e. The van der Waals surface area contributed by atoms with Gasteiger partial charge >= 0.3 is 12.1 Å². The normalized spacial score (nSPS) is 16.0. The molecule has 138 valence electrons. The minimum Gasteiger partial charge on any atom is -0.481 e. The Bertz CT molecular complexity index is 594. The molecule has 1 aliphatic heterocycles. The monoisotopic (exact) mass is 358 g/mol. The third kappa shape index (κ3) is 5.74. The lowest BCUT2D eigenvalue weighted by Crippen LogP contribution is -2.48. The van der Waals surface area contributed by atoms with Gasteiger partial charge < -0.3 is 10.0 Å². The van der Waals surface area contributed by atoms with E-state index in [0.717, 1.165) is 25.1 Å². The summed E-state index contributed by atoms with van der Waals surface area (Å²) in [6.45, 7) is 3.17. The van der Waals surface area contributed by atoms with Gasteiger partial charge in [0.1, 0.15) is 0 Å². The maximum absolute atomic E-state index is 12.6. The van der Waals surface area contributed by atoms with Crippen LogP contribution in [0.5, 0.6) is 0 Å². The van der Waals surface area contributed by atoms with E-state index >= 15 is 0 Å². The maximum Gasteiger partial charge on any atom is 0.416 e. The standard InChI is InChI=1S/C17H21F3N2O3/c18-17(19,20)14-6-4-13(5-7-14)16(25)22-11-9-21(10-12-22)8-2-1-3-15(23)24/h4-7H,1-3,8-12H2,(H,23,24). The van der Waals surface area contributed by atoms with Crippen molar-refractivity contribution in [3.05, 3.63) is 35.4 Å². The van der Waals surface area contributed by atoms with E-state index in [1.807, 2.05) is 0 Å². The Morgan fingerprint density at radius 1 is 1.00 bits per heavy atom. The number of carbonyl (C=O) groups is 2. The van der Waals surface area contributed by atoms with Gasteiger partial charge in [-0.1, -0.05) is 0 Å². The van der Waals surface area contributed by atoms with Crippen LogP contribution in [0.2, 0.25) is 0 Å². The summed E-state index contributed by atoms with van der Waals surface area (Å²) in [5.41, 5.74) is -0.516. The van der Waals surface area contributed by atoms with Crippen LogP contribution >= 0.6 is 0 Å². The second-order valence-corrected chi connectivity index (χ2v) is 6.06. The molecule has 2 rings (SSSR count). The number of carboxylic acids is 1. The molecule has 1 amide bonds. The quantitative estimate of drug-likeness (QED) is 0.795. The van der Waals surface area contributed by atoms with Crippen molar-refractivity contribution in [2.75, 3.05) is 32.7 Å². The van der Waals surface area contributed by atoms with Gasteiger partial charge in [0.2, 0.25) is 0 Å². The van der Waals surface area contributed by atoms with Crippen LogP contribution in [-0.4, -0.2) is 59.5 Å². The number of hydrogen-bond acceptors (Lipinski definition) is 3. The molecule has 0 saturated carbocycles. The number of carbonyl (C=O) groups excluding carboxylic acids is 1. The molecule has 0 aliphatic carbocycles. The predicted molar refractivity (Wildman–Crippen MR) is 85.3 cm³/mol. The Hall–Kier alpha value is -2.09. The van der Waals surface area contributed by atoms with E-state index in [9.17, 15) is 22.8 Å². The molecule has 1 aromatic rings. The molecule has 5 nitrogen and oxygen atoms in total. The van der Waals surface area contributed by atoms with Crippen molar-refractivity contribution in [2.45, 2.75) is 25.4 Å². The molecule has 0 spiro atoms. The van der Waals surface area contributed by atoms with Gasteiger partial charge in [-0.05, 0) is 43.7 Å². The summed E-state index contributed by atoms with van der Waals surface area (Å²) < 4.78 is 37.7. The third-order valence-corrected chi connectivity index (χ3v) is 4.23. The average Bonchev–Trinajstić information content (AvgIpc) is 2.58. The maximum atomic E-state index is 12.6. The van der Waals surface area contributed by atoms with Gasteiger partial charge in [0.15, 0.2) is 0 Å². The molecule has 1 heterocycles. The Morgan fingerprint density at radius 3 is 2.12 bits per heavy atom. The van der Waals surface area contributed by atoms with Crippen molar-refractivity contribution >= 4 is 11.9 Å². The lowest BCUT2D eigenvalue weighted by atomic mass is 10.1. The zero-order chi connectivity index (χ0) is 18.4. The number of rotatable bonds is 6. The summed E-state index contributed by atoms with van der Waals surface area (Å²) in [4.78, 5) is 26.6. The number of benzene rings is 1. The molecule has 0 unspecified atom stereocenters. The first kappa shape index (κ1) is 19.2. The fraction of sp³-hybridized carbons (Fsp3) is 0.529. The van der Waals surface area contributed by atoms with E-state index in [-0.39, 0.29) is 17.9 Å². The Balaban J connectivity index is 1.80. The molecule has 1 N–H and O–H groups in total. The first-order valence-electron chi connectivity index (χ1n) is 8.18. The van der Waals surface area contributed by atoms with Crippen LogP contribution in [0.25, 0.3) is 0 Å². The zero-order valence-electron chi connectivity index (χ0n) is 13.8. The van der Waals surface area contributed by atoms with E-state index in [4.69, 9.17) is 5.11 Å². The van der Waals surface area contributed by atoms with Gasteiger partial charge in [-0.3, -0.25) is 14.5 Å². The molecular formula is C17H21F3N2O3. The van der Waals surface area contributed by atoms with Crippen LogP contribution in [0.1, 0.15) is 35.2 Å². The lowest BCUT2D eigenvalue weighted by molar-refractivity contribution is -0.138. The van der Waals surface area contributed by atoms with Crippen molar-refractivity contribution < 1.29 is 27.9 Å². The van der Waals surface area contributed by atoms with Gasteiger partial charge in [-0.25, -0.2) is 0 Å². The van der Waals surface area contributed by atoms with Crippen LogP contribution < -0.4 is 0 Å². The summed E-state index contributed by atoms with van der Waals surface area (Å²) >= 11 is 0. The SMILES string of the molecule is O=C(O)CCCCN1CCN(C(=O)c2ccc(C(F)(F)F)cc2)CC1. The first-order valence-corrected chi connectivity index (χ1v) is 8.18. The molecule has 1 fully saturated rings. The summed E-state index contributed by atoms with van der Waals surface area (Å²) in [6, 6.07) is 4.27.